The number of hydrogen-bond donors (Lipinski definition) is 2. The van der Waals surface area contributed by atoms with Gasteiger partial charge in [-0.15, -0.1) is 0 Å². The van der Waals surface area contributed by atoms with Gasteiger partial charge in [0.2, 0.25) is 0 Å². The first kappa shape index (κ1) is 20.1. The molecule has 28 heavy (non-hydrogen) atoms. The van der Waals surface area contributed by atoms with Gasteiger partial charge < -0.3 is 15.5 Å². The predicted octanol–water partition coefficient (Wildman–Crippen LogP) is 2.46. The van der Waals surface area contributed by atoms with Crippen molar-refractivity contribution in [3.05, 3.63) is 47.8 Å². The van der Waals surface area contributed by atoms with E-state index >= 15 is 0 Å². The molecule has 1 aromatic heterocycles. The lowest BCUT2D eigenvalue weighted by molar-refractivity contribution is 0.580. The molecule has 0 aliphatic carbocycles. The molecule has 6 nitrogen and oxygen atoms in total. The van der Waals surface area contributed by atoms with Gasteiger partial charge in [-0.05, 0) is 43.9 Å². The molecule has 0 saturated carbocycles. The quantitative estimate of drug-likeness (QED) is 0.433. The summed E-state index contributed by atoms with van der Waals surface area (Å²) in [7, 11) is 1.91. The fourth-order valence-electron chi connectivity index (χ4n) is 3.42. The average Bonchev–Trinajstić information content (AvgIpc) is 3.28. The second-order valence-corrected chi connectivity index (χ2v) is 7.06. The molecule has 0 bridgehead atoms. The van der Waals surface area contributed by atoms with Crippen LogP contribution in [-0.2, 0) is 13.5 Å². The van der Waals surface area contributed by atoms with E-state index in [1.165, 1.54) is 17.7 Å². The van der Waals surface area contributed by atoms with Gasteiger partial charge in [-0.3, -0.25) is 9.67 Å². The van der Waals surface area contributed by atoms with E-state index in [9.17, 15) is 8.78 Å². The van der Waals surface area contributed by atoms with Crippen molar-refractivity contribution in [2.45, 2.75) is 32.2 Å². The molecule has 152 valence electrons. The van der Waals surface area contributed by atoms with Crippen LogP contribution < -0.4 is 15.5 Å². The third-order valence-electron chi connectivity index (χ3n) is 4.78. The van der Waals surface area contributed by atoms with Crippen molar-refractivity contribution in [2.75, 3.05) is 31.1 Å². The Morgan fingerprint density at radius 1 is 1.36 bits per heavy atom. The van der Waals surface area contributed by atoms with Crippen LogP contribution in [0.5, 0.6) is 0 Å². The molecule has 2 aromatic rings. The first-order chi connectivity index (χ1) is 13.5. The van der Waals surface area contributed by atoms with Crippen LogP contribution in [0.2, 0.25) is 0 Å². The van der Waals surface area contributed by atoms with Crippen molar-refractivity contribution in [3.63, 3.8) is 0 Å². The number of nitrogens with zero attached hydrogens (tertiary/aromatic N) is 4. The minimum Gasteiger partial charge on any atom is -0.367 e. The number of aromatic nitrogens is 2. The van der Waals surface area contributed by atoms with E-state index in [1.54, 1.807) is 4.68 Å². The van der Waals surface area contributed by atoms with Crippen molar-refractivity contribution in [3.8, 4) is 0 Å². The molecule has 1 saturated heterocycles. The lowest BCUT2D eigenvalue weighted by atomic mass is 10.2. The Bertz CT molecular complexity index is 804. The molecule has 8 heteroatoms. The summed E-state index contributed by atoms with van der Waals surface area (Å²) in [6.45, 7) is 4.90. The fourth-order valence-corrected chi connectivity index (χ4v) is 3.42. The number of halogens is 2. The van der Waals surface area contributed by atoms with Crippen LogP contribution in [0.15, 0.2) is 35.6 Å². The summed E-state index contributed by atoms with van der Waals surface area (Å²) in [5.74, 6) is -0.292. The summed E-state index contributed by atoms with van der Waals surface area (Å²) >= 11 is 0. The van der Waals surface area contributed by atoms with E-state index in [1.807, 2.05) is 31.3 Å². The number of hydrogen-bond acceptors (Lipinski definition) is 3. The first-order valence-corrected chi connectivity index (χ1v) is 9.77. The van der Waals surface area contributed by atoms with Crippen molar-refractivity contribution < 1.29 is 8.78 Å². The fraction of sp³-hybridized carbons (Fsp3) is 0.500. The zero-order valence-corrected chi connectivity index (χ0v) is 16.5. The SMILES string of the molecule is CCNC(=NCCCc1cnn(C)c1)NC1CCN(c2ccc(F)cc2F)C1. The smallest absolute Gasteiger partial charge is 0.191 e. The monoisotopic (exact) mass is 390 g/mol. The Kier molecular flexibility index (Phi) is 6.84. The number of aliphatic imine (C=N–C) groups is 1. The molecule has 1 atom stereocenters. The van der Waals surface area contributed by atoms with Gasteiger partial charge in [0.1, 0.15) is 11.6 Å². The molecule has 2 heterocycles. The van der Waals surface area contributed by atoms with Gasteiger partial charge in [0.25, 0.3) is 0 Å². The summed E-state index contributed by atoms with van der Waals surface area (Å²) in [5, 5.41) is 10.9. The first-order valence-electron chi connectivity index (χ1n) is 9.77. The minimum absolute atomic E-state index is 0.167. The third kappa shape index (κ3) is 5.43. The Morgan fingerprint density at radius 3 is 2.93 bits per heavy atom. The topological polar surface area (TPSA) is 57.5 Å². The van der Waals surface area contributed by atoms with Crippen molar-refractivity contribution in [1.29, 1.82) is 0 Å². The lowest BCUT2D eigenvalue weighted by Gasteiger charge is -2.21. The second kappa shape index (κ2) is 9.52. The van der Waals surface area contributed by atoms with Gasteiger partial charge in [-0.1, -0.05) is 0 Å². The summed E-state index contributed by atoms with van der Waals surface area (Å²) in [5.41, 5.74) is 1.66. The highest BCUT2D eigenvalue weighted by molar-refractivity contribution is 5.80. The lowest BCUT2D eigenvalue weighted by Crippen LogP contribution is -2.44. The molecule has 1 fully saturated rings. The largest absolute Gasteiger partial charge is 0.367 e. The number of rotatable bonds is 7. The third-order valence-corrected chi connectivity index (χ3v) is 4.78. The number of anilines is 1. The molecule has 0 radical (unpaired) electrons. The summed E-state index contributed by atoms with van der Waals surface area (Å²) in [6.07, 6.45) is 6.66. The number of benzene rings is 1. The standard InChI is InChI=1S/C20H28F2N6/c1-3-23-20(24-9-4-5-15-12-25-27(2)13-15)26-17-8-10-28(14-17)19-7-6-16(21)11-18(19)22/h6-7,11-13,17H,3-5,8-10,14H2,1-2H3,(H2,23,24,26). The van der Waals surface area contributed by atoms with Crippen molar-refractivity contribution in [2.24, 2.45) is 12.0 Å². The highest BCUT2D eigenvalue weighted by atomic mass is 19.1. The van der Waals surface area contributed by atoms with E-state index in [2.05, 4.69) is 20.7 Å². The average molecular weight is 390 g/mol. The minimum atomic E-state index is -0.553. The molecule has 2 N–H and O–H groups in total. The van der Waals surface area contributed by atoms with Crippen LogP contribution in [0, 0.1) is 11.6 Å². The zero-order valence-electron chi connectivity index (χ0n) is 16.5. The molecule has 0 spiro atoms. The number of guanidine groups is 1. The highest BCUT2D eigenvalue weighted by Gasteiger charge is 2.25. The van der Waals surface area contributed by atoms with Crippen LogP contribution in [0.1, 0.15) is 25.3 Å². The molecule has 3 rings (SSSR count). The summed E-state index contributed by atoms with van der Waals surface area (Å²) < 4.78 is 28.9. The maximum absolute atomic E-state index is 14.0. The molecule has 1 aliphatic rings. The van der Waals surface area contributed by atoms with E-state index in [0.717, 1.165) is 44.4 Å². The second-order valence-electron chi connectivity index (χ2n) is 7.06. The molecular formula is C20H28F2N6. The molecule has 1 unspecified atom stereocenters. The van der Waals surface area contributed by atoms with Gasteiger partial charge in [0.05, 0.1) is 11.9 Å². The van der Waals surface area contributed by atoms with Crippen LogP contribution >= 0.6 is 0 Å². The van der Waals surface area contributed by atoms with Crippen LogP contribution in [-0.4, -0.2) is 48.0 Å². The predicted molar refractivity (Wildman–Crippen MR) is 108 cm³/mol. The van der Waals surface area contributed by atoms with Crippen LogP contribution in [0.4, 0.5) is 14.5 Å². The Balaban J connectivity index is 1.51. The van der Waals surface area contributed by atoms with Gasteiger partial charge >= 0.3 is 0 Å². The zero-order chi connectivity index (χ0) is 19.9. The normalized spacial score (nSPS) is 17.2. The van der Waals surface area contributed by atoms with Gasteiger partial charge in [-0.2, -0.15) is 5.10 Å². The van der Waals surface area contributed by atoms with Crippen molar-refractivity contribution >= 4 is 11.6 Å². The Labute approximate surface area is 164 Å². The van der Waals surface area contributed by atoms with Crippen LogP contribution in [0.25, 0.3) is 0 Å². The van der Waals surface area contributed by atoms with Crippen molar-refractivity contribution in [1.82, 2.24) is 20.4 Å². The van der Waals surface area contributed by atoms with E-state index in [4.69, 9.17) is 0 Å². The van der Waals surface area contributed by atoms with Gasteiger partial charge in [0, 0.05) is 51.5 Å². The van der Waals surface area contributed by atoms with E-state index in [-0.39, 0.29) is 6.04 Å². The van der Waals surface area contributed by atoms with Gasteiger partial charge in [0.15, 0.2) is 5.96 Å². The Hall–Kier alpha value is -2.64. The molecular weight excluding hydrogens is 362 g/mol. The van der Waals surface area contributed by atoms with Crippen LogP contribution in [0.3, 0.4) is 0 Å². The molecule has 1 aromatic carbocycles. The number of aryl methyl sites for hydroxylation is 2. The Morgan fingerprint density at radius 2 is 2.21 bits per heavy atom. The van der Waals surface area contributed by atoms with Gasteiger partial charge in [-0.25, -0.2) is 8.78 Å². The van der Waals surface area contributed by atoms with E-state index in [0.29, 0.717) is 18.8 Å². The number of nitrogens with one attached hydrogen (secondary N) is 2. The molecule has 0 amide bonds. The maximum atomic E-state index is 14.0. The van der Waals surface area contributed by atoms with E-state index < -0.39 is 11.6 Å². The summed E-state index contributed by atoms with van der Waals surface area (Å²) in [6, 6.07) is 3.90. The maximum Gasteiger partial charge on any atom is 0.191 e. The molecule has 1 aliphatic heterocycles. The highest BCUT2D eigenvalue weighted by Crippen LogP contribution is 2.24. The summed E-state index contributed by atoms with van der Waals surface area (Å²) in [4.78, 5) is 6.59.